The van der Waals surface area contributed by atoms with E-state index < -0.39 is 29.4 Å². The van der Waals surface area contributed by atoms with Crippen molar-refractivity contribution in [1.29, 1.82) is 0 Å². The fourth-order valence-electron chi connectivity index (χ4n) is 13.1. The molecule has 6 aliphatic carbocycles. The zero-order valence-corrected chi connectivity index (χ0v) is 43.8. The first kappa shape index (κ1) is 57.8. The quantitative estimate of drug-likeness (QED) is 0.0731. The molecular weight excluding hydrogens is 1050 g/mol. The molecule has 2 unspecified atom stereocenters. The van der Waals surface area contributed by atoms with Crippen LogP contribution in [-0.2, 0) is 53.7 Å². The highest BCUT2D eigenvalue weighted by atomic mass is 19.4. The van der Waals surface area contributed by atoms with Crippen molar-refractivity contribution in [3.63, 3.8) is 0 Å². The van der Waals surface area contributed by atoms with Gasteiger partial charge in [0.25, 0.3) is 5.91 Å². The lowest BCUT2D eigenvalue weighted by atomic mass is 9.38. The van der Waals surface area contributed by atoms with Crippen molar-refractivity contribution in [1.82, 2.24) is 24.9 Å². The Morgan fingerprint density at radius 3 is 1.43 bits per heavy atom. The molecule has 4 heterocycles. The monoisotopic (exact) mass is 1120 g/mol. The topological polar surface area (TPSA) is 199 Å². The van der Waals surface area contributed by atoms with Crippen molar-refractivity contribution >= 4 is 45.6 Å². The highest BCUT2D eigenvalue weighted by Gasteiger charge is 2.69. The average molecular weight is 1120 g/mol. The lowest BCUT2D eigenvalue weighted by molar-refractivity contribution is -0.175. The van der Waals surface area contributed by atoms with Crippen LogP contribution in [0.15, 0.2) is 84.9 Å². The summed E-state index contributed by atoms with van der Waals surface area (Å²) in [5.74, 6) is -1.77. The van der Waals surface area contributed by atoms with E-state index in [-0.39, 0.29) is 71.0 Å². The van der Waals surface area contributed by atoms with E-state index in [0.717, 1.165) is 112 Å². The first-order chi connectivity index (χ1) is 37.5. The van der Waals surface area contributed by atoms with Crippen LogP contribution in [0.3, 0.4) is 0 Å². The van der Waals surface area contributed by atoms with Gasteiger partial charge in [0.15, 0.2) is 23.8 Å². The van der Waals surface area contributed by atoms with E-state index in [0.29, 0.717) is 71.9 Å². The number of amides is 1. The van der Waals surface area contributed by atoms with Gasteiger partial charge in [-0.2, -0.15) is 36.5 Å². The number of hydrogen-bond donors (Lipinski definition) is 3. The number of nitrogens with one attached hydrogen (secondary N) is 1. The maximum absolute atomic E-state index is 13.7. The third kappa shape index (κ3) is 11.8. The van der Waals surface area contributed by atoms with E-state index in [4.69, 9.17) is 25.0 Å². The smallest absolute Gasteiger partial charge is 0.416 e. The van der Waals surface area contributed by atoms with Crippen LogP contribution in [0.4, 0.5) is 26.3 Å². The van der Waals surface area contributed by atoms with E-state index in [1.807, 2.05) is 18.2 Å². The minimum absolute atomic E-state index is 0. The number of aromatic nitrogens is 4. The van der Waals surface area contributed by atoms with Gasteiger partial charge in [-0.25, -0.2) is 14.2 Å². The van der Waals surface area contributed by atoms with E-state index in [1.165, 1.54) is 38.5 Å². The standard InChI is InChI=1S/C29H30F3N3O4.C21H19F3N2O3.C8H13NO2.CH4/c1-38-23(36)14-27-15-28(16-27,17-27)33-26(37)25-24-19(13-18-8-10-20(11-9-18)29(30,31)32)5-4-6-21(24)35(34-25)22-7-2-3-12-39-22;22-21(23,24)15-9-7-13(8-10-15)12-14-4-3-5-16-18(14)19(20(27)28)25-26(16)17-6-1-2-11-29-17;1-11-6(10)2-7-3-8(9,4-7)5-7;/h4-6,8-11,22H,2-3,7,12-17H2,1H3,(H,33,37);3-5,7-10,17H,1-2,6,11-12H2,(H,27,28);2-5,9H2,1H3;1H4. The molecule has 428 valence electrons. The summed E-state index contributed by atoms with van der Waals surface area (Å²) in [4.78, 5) is 48.2. The Morgan fingerprint density at radius 1 is 0.637 bits per heavy atom. The lowest BCUT2D eigenvalue weighted by Gasteiger charge is -2.70. The summed E-state index contributed by atoms with van der Waals surface area (Å²) >= 11 is 0. The van der Waals surface area contributed by atoms with Crippen LogP contribution in [0.2, 0.25) is 0 Å². The van der Waals surface area contributed by atoms with Gasteiger partial charge in [0, 0.05) is 35.1 Å². The number of hydrogen-bond acceptors (Lipinski definition) is 11. The molecule has 0 spiro atoms. The number of nitrogens with zero attached hydrogens (tertiary/aromatic N) is 4. The summed E-state index contributed by atoms with van der Waals surface area (Å²) in [5, 5.41) is 23.1. The maximum atomic E-state index is 13.7. The summed E-state index contributed by atoms with van der Waals surface area (Å²) in [7, 11) is 2.82. The third-order valence-electron chi connectivity index (χ3n) is 16.5. The molecule has 14 rings (SSSR count). The van der Waals surface area contributed by atoms with Gasteiger partial charge in [-0.1, -0.05) is 56.0 Å². The number of methoxy groups -OCH3 is 2. The summed E-state index contributed by atoms with van der Waals surface area (Å²) in [6.07, 6.45) is 2.84. The molecule has 15 nitrogen and oxygen atoms in total. The molecule has 80 heavy (non-hydrogen) atoms. The molecule has 21 heteroatoms. The average Bonchev–Trinajstić information content (AvgIpc) is 2.81. The molecule has 8 aliphatic rings. The zero-order valence-electron chi connectivity index (χ0n) is 43.8. The number of alkyl halides is 6. The van der Waals surface area contributed by atoms with Crippen molar-refractivity contribution in [3.8, 4) is 0 Å². The van der Waals surface area contributed by atoms with Gasteiger partial charge in [0.05, 0.1) is 49.2 Å². The van der Waals surface area contributed by atoms with Crippen LogP contribution < -0.4 is 11.1 Å². The normalized spacial score (nSPS) is 25.3. The number of carbonyl (C=O) groups excluding carboxylic acids is 3. The molecular formula is C59H66F6N6O9. The number of nitrogens with two attached hydrogens (primary N) is 1. The Morgan fingerprint density at radius 2 is 1.05 bits per heavy atom. The molecule has 2 aliphatic heterocycles. The second-order valence-corrected chi connectivity index (χ2v) is 22.6. The molecule has 0 radical (unpaired) electrons. The third-order valence-corrected chi connectivity index (χ3v) is 16.5. The van der Waals surface area contributed by atoms with Crippen molar-refractivity contribution in [2.75, 3.05) is 27.4 Å². The van der Waals surface area contributed by atoms with Gasteiger partial charge in [-0.3, -0.25) is 14.4 Å². The second kappa shape index (κ2) is 22.2. The molecule has 8 fully saturated rings. The molecule has 4 bridgehead atoms. The van der Waals surface area contributed by atoms with Crippen LogP contribution in [0, 0.1) is 10.8 Å². The first-order valence-corrected chi connectivity index (χ1v) is 26.6. The molecule has 4 aromatic carbocycles. The van der Waals surface area contributed by atoms with Gasteiger partial charge in [0.1, 0.15) is 0 Å². The molecule has 2 saturated heterocycles. The zero-order chi connectivity index (χ0) is 56.1. The highest BCUT2D eigenvalue weighted by Crippen LogP contribution is 2.69. The van der Waals surface area contributed by atoms with E-state index in [9.17, 15) is 50.6 Å². The summed E-state index contributed by atoms with van der Waals surface area (Å²) in [5.41, 5.74) is 8.83. The molecule has 1 amide bonds. The molecule has 6 saturated carbocycles. The number of halogens is 6. The van der Waals surface area contributed by atoms with Crippen molar-refractivity contribution < 1.29 is 69.6 Å². The first-order valence-electron chi connectivity index (χ1n) is 26.6. The molecule has 2 aromatic heterocycles. The minimum atomic E-state index is -4.40. The number of carboxylic acid groups (broad SMARTS) is 1. The minimum Gasteiger partial charge on any atom is -0.476 e. The van der Waals surface area contributed by atoms with E-state index >= 15 is 0 Å². The van der Waals surface area contributed by atoms with Gasteiger partial charge < -0.3 is 35.1 Å². The number of benzene rings is 4. The van der Waals surface area contributed by atoms with Crippen molar-refractivity contribution in [3.05, 3.63) is 130 Å². The van der Waals surface area contributed by atoms with E-state index in [1.54, 1.807) is 27.6 Å². The maximum Gasteiger partial charge on any atom is 0.416 e. The van der Waals surface area contributed by atoms with Gasteiger partial charge in [-0.05, 0) is 159 Å². The Bertz CT molecular complexity index is 3230. The highest BCUT2D eigenvalue weighted by molar-refractivity contribution is 6.07. The summed E-state index contributed by atoms with van der Waals surface area (Å²) in [6.45, 7) is 1.21. The van der Waals surface area contributed by atoms with Crippen LogP contribution in [0.25, 0.3) is 21.8 Å². The molecule has 4 N–H and O–H groups in total. The Kier molecular flexibility index (Phi) is 16.1. The number of ether oxygens (including phenoxy) is 4. The molecule has 2 atom stereocenters. The summed E-state index contributed by atoms with van der Waals surface area (Å²) in [6, 6.07) is 21.0. The second-order valence-electron chi connectivity index (χ2n) is 22.6. The number of rotatable bonds is 13. The van der Waals surface area contributed by atoms with Gasteiger partial charge in [-0.15, -0.1) is 0 Å². The predicted octanol–water partition coefficient (Wildman–Crippen LogP) is 11.7. The van der Waals surface area contributed by atoms with Crippen LogP contribution in [0.1, 0.15) is 164 Å². The summed E-state index contributed by atoms with van der Waals surface area (Å²) < 4.78 is 102. The predicted molar refractivity (Wildman–Crippen MR) is 282 cm³/mol. The van der Waals surface area contributed by atoms with E-state index in [2.05, 4.69) is 15.2 Å². The SMILES string of the molecule is C.COC(=O)CC12CC(N)(C1)C2.COC(=O)CC12CC(NC(=O)c3nn(C4CCCCO4)c4cccc(Cc5ccc(C(F)(F)F)cc5)c34)(C1)C2.O=C(O)c1nn(C2CCCCO2)c2cccc(Cc3ccc(C(F)(F)F)cc3)c12. The van der Waals surface area contributed by atoms with Crippen LogP contribution in [0.5, 0.6) is 0 Å². The number of carbonyl (C=O) groups is 4. The van der Waals surface area contributed by atoms with Crippen LogP contribution >= 0.6 is 0 Å². The Balaban J connectivity index is 0.000000165. The Hall–Kier alpha value is -6.84. The fraction of sp³-hybridized carbons (Fsp3) is 0.492. The lowest BCUT2D eigenvalue weighted by Crippen LogP contribution is -2.75. The number of carboxylic acids is 1. The van der Waals surface area contributed by atoms with Gasteiger partial charge in [0.2, 0.25) is 0 Å². The van der Waals surface area contributed by atoms with Crippen LogP contribution in [-0.4, -0.2) is 87.0 Å². The van der Waals surface area contributed by atoms with Crippen molar-refractivity contribution in [2.24, 2.45) is 16.6 Å². The number of esters is 2. The fourth-order valence-corrected chi connectivity index (χ4v) is 13.1. The van der Waals surface area contributed by atoms with Crippen molar-refractivity contribution in [2.45, 2.75) is 146 Å². The number of fused-ring (bicyclic) bond motifs is 2. The molecule has 6 aromatic rings. The largest absolute Gasteiger partial charge is 0.476 e. The number of aromatic carboxylic acids is 1. The van der Waals surface area contributed by atoms with Gasteiger partial charge >= 0.3 is 30.3 Å². The Labute approximate surface area is 458 Å².